The molecule has 2 aromatic carbocycles. The van der Waals surface area contributed by atoms with Gasteiger partial charge < -0.3 is 9.15 Å². The third-order valence-electron chi connectivity index (χ3n) is 3.30. The smallest absolute Gasteiger partial charge is 0.307 e. The quantitative estimate of drug-likeness (QED) is 0.557. The summed E-state index contributed by atoms with van der Waals surface area (Å²) in [6.07, 6.45) is 1.48. The number of amides is 1. The SMILES string of the molecule is CCOc1ccc2oc(C(=O)N/N=C/c3ccccc3Cl)cc2c1. The maximum absolute atomic E-state index is 12.1. The maximum atomic E-state index is 12.1. The van der Waals surface area contributed by atoms with Crippen molar-refractivity contribution < 1.29 is 13.9 Å². The highest BCUT2D eigenvalue weighted by atomic mass is 35.5. The molecule has 0 fully saturated rings. The van der Waals surface area contributed by atoms with E-state index in [9.17, 15) is 4.79 Å². The van der Waals surface area contributed by atoms with Gasteiger partial charge in [0.05, 0.1) is 12.8 Å². The summed E-state index contributed by atoms with van der Waals surface area (Å²) < 4.78 is 11.0. The maximum Gasteiger partial charge on any atom is 0.307 e. The molecule has 3 rings (SSSR count). The zero-order valence-corrected chi connectivity index (χ0v) is 13.7. The van der Waals surface area contributed by atoms with E-state index in [2.05, 4.69) is 10.5 Å². The third kappa shape index (κ3) is 3.58. The van der Waals surface area contributed by atoms with E-state index in [1.807, 2.05) is 25.1 Å². The number of ether oxygens (including phenoxy) is 1. The van der Waals surface area contributed by atoms with Crippen LogP contribution in [-0.4, -0.2) is 18.7 Å². The van der Waals surface area contributed by atoms with Gasteiger partial charge in [-0.1, -0.05) is 29.8 Å². The molecule has 6 heteroatoms. The zero-order valence-electron chi connectivity index (χ0n) is 13.0. The molecule has 0 bridgehead atoms. The van der Waals surface area contributed by atoms with Gasteiger partial charge in [-0.25, -0.2) is 5.43 Å². The van der Waals surface area contributed by atoms with E-state index >= 15 is 0 Å². The molecular weight excluding hydrogens is 328 g/mol. The second-order valence-corrected chi connectivity index (χ2v) is 5.37. The fraction of sp³-hybridized carbons (Fsp3) is 0.111. The number of rotatable bonds is 5. The number of carbonyl (C=O) groups is 1. The van der Waals surface area contributed by atoms with Gasteiger partial charge in [-0.2, -0.15) is 5.10 Å². The number of halogens is 1. The average molecular weight is 343 g/mol. The van der Waals surface area contributed by atoms with Crippen LogP contribution in [0.25, 0.3) is 11.0 Å². The van der Waals surface area contributed by atoms with E-state index in [4.69, 9.17) is 20.8 Å². The molecule has 3 aromatic rings. The largest absolute Gasteiger partial charge is 0.494 e. The number of carbonyl (C=O) groups excluding carboxylic acids is 1. The predicted octanol–water partition coefficient (Wildman–Crippen LogP) is 4.25. The van der Waals surface area contributed by atoms with Crippen molar-refractivity contribution in [3.63, 3.8) is 0 Å². The summed E-state index contributed by atoms with van der Waals surface area (Å²) in [7, 11) is 0. The summed E-state index contributed by atoms with van der Waals surface area (Å²) in [6, 6.07) is 14.3. The number of hydrogen-bond donors (Lipinski definition) is 1. The van der Waals surface area contributed by atoms with Gasteiger partial charge in [-0.3, -0.25) is 4.79 Å². The lowest BCUT2D eigenvalue weighted by Crippen LogP contribution is -2.16. The fourth-order valence-corrected chi connectivity index (χ4v) is 2.37. The van der Waals surface area contributed by atoms with Crippen LogP contribution < -0.4 is 10.2 Å². The van der Waals surface area contributed by atoms with E-state index in [-0.39, 0.29) is 5.76 Å². The highest BCUT2D eigenvalue weighted by Crippen LogP contribution is 2.24. The number of nitrogens with zero attached hydrogens (tertiary/aromatic N) is 1. The van der Waals surface area contributed by atoms with Crippen molar-refractivity contribution in [2.75, 3.05) is 6.61 Å². The first-order valence-corrected chi connectivity index (χ1v) is 7.79. The molecule has 0 atom stereocenters. The molecule has 0 spiro atoms. The van der Waals surface area contributed by atoms with Crippen molar-refractivity contribution >= 4 is 34.7 Å². The van der Waals surface area contributed by atoms with E-state index in [1.165, 1.54) is 6.21 Å². The van der Waals surface area contributed by atoms with Gasteiger partial charge in [-0.15, -0.1) is 0 Å². The molecule has 0 aliphatic rings. The molecule has 5 nitrogen and oxygen atoms in total. The van der Waals surface area contributed by atoms with E-state index in [0.29, 0.717) is 22.8 Å². The Morgan fingerprint density at radius 2 is 2.12 bits per heavy atom. The Morgan fingerprint density at radius 3 is 2.92 bits per heavy atom. The third-order valence-corrected chi connectivity index (χ3v) is 3.64. The van der Waals surface area contributed by atoms with Crippen molar-refractivity contribution in [1.29, 1.82) is 0 Å². The van der Waals surface area contributed by atoms with E-state index < -0.39 is 5.91 Å². The summed E-state index contributed by atoms with van der Waals surface area (Å²) in [5.41, 5.74) is 3.75. The monoisotopic (exact) mass is 342 g/mol. The summed E-state index contributed by atoms with van der Waals surface area (Å²) in [6.45, 7) is 2.49. The summed E-state index contributed by atoms with van der Waals surface area (Å²) in [4.78, 5) is 12.1. The Morgan fingerprint density at radius 1 is 1.29 bits per heavy atom. The van der Waals surface area contributed by atoms with Gasteiger partial charge in [0.15, 0.2) is 5.76 Å². The minimum Gasteiger partial charge on any atom is -0.494 e. The molecule has 0 aliphatic heterocycles. The molecule has 0 saturated carbocycles. The first kappa shape index (κ1) is 16.1. The van der Waals surface area contributed by atoms with Crippen LogP contribution in [0.3, 0.4) is 0 Å². The molecule has 1 heterocycles. The van der Waals surface area contributed by atoms with Crippen molar-refractivity contribution in [2.45, 2.75) is 6.92 Å². The van der Waals surface area contributed by atoms with Crippen LogP contribution in [0.2, 0.25) is 5.02 Å². The molecule has 1 N–H and O–H groups in total. The number of fused-ring (bicyclic) bond motifs is 1. The van der Waals surface area contributed by atoms with Gasteiger partial charge in [0.2, 0.25) is 0 Å². The predicted molar refractivity (Wildman–Crippen MR) is 93.9 cm³/mol. The number of nitrogens with one attached hydrogen (secondary N) is 1. The average Bonchev–Trinajstić information content (AvgIpc) is 3.00. The van der Waals surface area contributed by atoms with Crippen LogP contribution in [0.15, 0.2) is 58.0 Å². The first-order valence-electron chi connectivity index (χ1n) is 7.41. The fourth-order valence-electron chi connectivity index (χ4n) is 2.19. The van der Waals surface area contributed by atoms with Crippen molar-refractivity contribution in [1.82, 2.24) is 5.43 Å². The Labute approximate surface area is 143 Å². The molecule has 1 aromatic heterocycles. The van der Waals surface area contributed by atoms with Crippen LogP contribution >= 0.6 is 11.6 Å². The topological polar surface area (TPSA) is 63.8 Å². The lowest BCUT2D eigenvalue weighted by molar-refractivity contribution is 0.0929. The number of furan rings is 1. The van der Waals surface area contributed by atoms with Crippen molar-refractivity contribution in [3.05, 3.63) is 64.9 Å². The van der Waals surface area contributed by atoms with Crippen LogP contribution in [0, 0.1) is 0 Å². The molecule has 1 amide bonds. The Balaban J connectivity index is 1.73. The number of hydrazone groups is 1. The van der Waals surface area contributed by atoms with Gasteiger partial charge >= 0.3 is 5.91 Å². The molecule has 0 saturated heterocycles. The van der Waals surface area contributed by atoms with Gasteiger partial charge in [-0.05, 0) is 37.3 Å². The van der Waals surface area contributed by atoms with Crippen LogP contribution in [-0.2, 0) is 0 Å². The molecule has 24 heavy (non-hydrogen) atoms. The zero-order chi connectivity index (χ0) is 16.9. The molecular formula is C18H15ClN2O3. The number of hydrogen-bond acceptors (Lipinski definition) is 4. The summed E-state index contributed by atoms with van der Waals surface area (Å²) in [5.74, 6) is 0.469. The minimum atomic E-state index is -0.438. The van der Waals surface area contributed by atoms with Gasteiger partial charge in [0, 0.05) is 16.0 Å². The second kappa shape index (κ2) is 7.19. The Kier molecular flexibility index (Phi) is 4.82. The molecule has 0 unspecified atom stereocenters. The number of benzene rings is 2. The Hall–Kier alpha value is -2.79. The molecule has 0 aliphatic carbocycles. The second-order valence-electron chi connectivity index (χ2n) is 4.96. The minimum absolute atomic E-state index is 0.176. The lowest BCUT2D eigenvalue weighted by Gasteiger charge is -2.00. The van der Waals surface area contributed by atoms with E-state index in [0.717, 1.165) is 11.1 Å². The van der Waals surface area contributed by atoms with Crippen LogP contribution in [0.5, 0.6) is 5.75 Å². The lowest BCUT2D eigenvalue weighted by atomic mass is 10.2. The highest BCUT2D eigenvalue weighted by molar-refractivity contribution is 6.33. The van der Waals surface area contributed by atoms with Gasteiger partial charge in [0.1, 0.15) is 11.3 Å². The van der Waals surface area contributed by atoms with E-state index in [1.54, 1.807) is 30.3 Å². The summed E-state index contributed by atoms with van der Waals surface area (Å²) in [5, 5.41) is 5.25. The first-order chi connectivity index (χ1) is 11.7. The molecule has 0 radical (unpaired) electrons. The normalized spacial score (nSPS) is 11.1. The standard InChI is InChI=1S/C18H15ClN2O3/c1-2-23-14-7-8-16-13(9-14)10-17(24-16)18(22)21-20-11-12-5-3-4-6-15(12)19/h3-11H,2H2,1H3,(H,21,22)/b20-11+. The van der Waals surface area contributed by atoms with Crippen molar-refractivity contribution in [3.8, 4) is 5.75 Å². The summed E-state index contributed by atoms with van der Waals surface area (Å²) >= 11 is 6.02. The van der Waals surface area contributed by atoms with Gasteiger partial charge in [0.25, 0.3) is 0 Å². The van der Waals surface area contributed by atoms with Crippen molar-refractivity contribution in [2.24, 2.45) is 5.10 Å². The van der Waals surface area contributed by atoms with Crippen LogP contribution in [0.1, 0.15) is 23.0 Å². The Bertz CT molecular complexity index is 902. The van der Waals surface area contributed by atoms with Crippen LogP contribution in [0.4, 0.5) is 0 Å². The highest BCUT2D eigenvalue weighted by Gasteiger charge is 2.12. The molecule has 122 valence electrons.